The number of nitrogens with zero attached hydrogens (tertiary/aromatic N) is 3. The van der Waals surface area contributed by atoms with Crippen molar-refractivity contribution in [1.82, 2.24) is 9.97 Å². The number of alkyl halides is 1. The molecule has 0 atom stereocenters. The predicted molar refractivity (Wildman–Crippen MR) is 69.6 cm³/mol. The molecule has 0 amide bonds. The summed E-state index contributed by atoms with van der Waals surface area (Å²) in [6, 6.07) is 1.84. The van der Waals surface area contributed by atoms with Crippen LogP contribution in [0.3, 0.4) is 0 Å². The Morgan fingerprint density at radius 3 is 2.56 bits per heavy atom. The van der Waals surface area contributed by atoms with Gasteiger partial charge in [0.2, 0.25) is 5.88 Å². The van der Waals surface area contributed by atoms with Crippen molar-refractivity contribution in [3.63, 3.8) is 0 Å². The highest BCUT2D eigenvalue weighted by Gasteiger charge is 2.24. The average Bonchev–Trinajstić information content (AvgIpc) is 2.27. The van der Waals surface area contributed by atoms with Crippen molar-refractivity contribution in [3.8, 4) is 5.88 Å². The number of anilines is 1. The summed E-state index contributed by atoms with van der Waals surface area (Å²) in [4.78, 5) is 10.7. The van der Waals surface area contributed by atoms with Crippen LogP contribution in [-0.4, -0.2) is 35.0 Å². The topological polar surface area (TPSA) is 38.2 Å². The summed E-state index contributed by atoms with van der Waals surface area (Å²) in [5.74, 6) is 2.18. The van der Waals surface area contributed by atoms with Crippen LogP contribution in [0.4, 0.5) is 5.82 Å². The van der Waals surface area contributed by atoms with Crippen LogP contribution >= 0.6 is 15.9 Å². The minimum absolute atomic E-state index is 0.00813. The number of aryl methyl sites for hydroxylation is 1. The monoisotopic (exact) mass is 287 g/mol. The van der Waals surface area contributed by atoms with E-state index in [9.17, 15) is 0 Å². The third-order valence-electron chi connectivity index (χ3n) is 2.59. The molecule has 1 rings (SSSR count). The first-order valence-corrected chi connectivity index (χ1v) is 6.22. The van der Waals surface area contributed by atoms with Gasteiger partial charge in [0.1, 0.15) is 11.6 Å². The van der Waals surface area contributed by atoms with Gasteiger partial charge in [0, 0.05) is 24.0 Å². The second kappa shape index (κ2) is 4.99. The van der Waals surface area contributed by atoms with Crippen LogP contribution in [0.15, 0.2) is 6.07 Å². The van der Waals surface area contributed by atoms with E-state index < -0.39 is 0 Å². The molecule has 4 nitrogen and oxygen atoms in total. The van der Waals surface area contributed by atoms with Crippen LogP contribution in [0.2, 0.25) is 0 Å². The zero-order valence-corrected chi connectivity index (χ0v) is 12.0. The third-order valence-corrected chi connectivity index (χ3v) is 3.96. The number of hydrogen-bond donors (Lipinski definition) is 0. The molecule has 0 spiro atoms. The Balaban J connectivity index is 3.08. The summed E-state index contributed by atoms with van der Waals surface area (Å²) in [6.07, 6.45) is 0. The number of methoxy groups -OCH3 is 1. The van der Waals surface area contributed by atoms with Crippen molar-refractivity contribution < 1.29 is 4.74 Å². The Morgan fingerprint density at radius 1 is 1.44 bits per heavy atom. The number of hydrogen-bond acceptors (Lipinski definition) is 4. The van der Waals surface area contributed by atoms with E-state index in [-0.39, 0.29) is 5.54 Å². The van der Waals surface area contributed by atoms with Crippen LogP contribution < -0.4 is 9.64 Å². The summed E-state index contributed by atoms with van der Waals surface area (Å²) in [5.41, 5.74) is -0.00813. The zero-order chi connectivity index (χ0) is 12.3. The molecular weight excluding hydrogens is 270 g/mol. The number of ether oxygens (including phenoxy) is 1. The second-order valence-corrected chi connectivity index (χ2v) is 4.88. The summed E-state index contributed by atoms with van der Waals surface area (Å²) in [6.45, 7) is 6.15. The van der Waals surface area contributed by atoms with Gasteiger partial charge in [-0.15, -0.1) is 0 Å². The number of rotatable bonds is 4. The van der Waals surface area contributed by atoms with Gasteiger partial charge in [0.05, 0.1) is 7.11 Å². The fourth-order valence-electron chi connectivity index (χ4n) is 1.20. The molecule has 0 fully saturated rings. The first-order chi connectivity index (χ1) is 7.40. The lowest BCUT2D eigenvalue weighted by Crippen LogP contribution is -2.43. The van der Waals surface area contributed by atoms with Crippen LogP contribution in [0.25, 0.3) is 0 Å². The molecule has 0 aromatic carbocycles. The SMILES string of the molecule is COc1cc(N(C)C(C)(C)CBr)nc(C)n1. The van der Waals surface area contributed by atoms with Crippen molar-refractivity contribution in [2.24, 2.45) is 0 Å². The van der Waals surface area contributed by atoms with Crippen LogP contribution in [0, 0.1) is 6.92 Å². The van der Waals surface area contributed by atoms with E-state index in [2.05, 4.69) is 44.6 Å². The zero-order valence-electron chi connectivity index (χ0n) is 10.4. The molecule has 0 saturated heterocycles. The summed E-state index contributed by atoms with van der Waals surface area (Å²) in [5, 5.41) is 0.863. The van der Waals surface area contributed by atoms with Crippen molar-refractivity contribution in [2.45, 2.75) is 26.3 Å². The normalized spacial score (nSPS) is 11.4. The maximum atomic E-state index is 5.14. The van der Waals surface area contributed by atoms with Gasteiger partial charge < -0.3 is 9.64 Å². The fraction of sp³-hybridized carbons (Fsp3) is 0.636. The van der Waals surface area contributed by atoms with Crippen LogP contribution in [-0.2, 0) is 0 Å². The average molecular weight is 288 g/mol. The summed E-state index contributed by atoms with van der Waals surface area (Å²) in [7, 11) is 3.63. The van der Waals surface area contributed by atoms with Gasteiger partial charge in [0.15, 0.2) is 0 Å². The largest absolute Gasteiger partial charge is 0.481 e. The minimum Gasteiger partial charge on any atom is -0.481 e. The van der Waals surface area contributed by atoms with Crippen molar-refractivity contribution in [3.05, 3.63) is 11.9 Å². The van der Waals surface area contributed by atoms with E-state index in [1.54, 1.807) is 7.11 Å². The van der Waals surface area contributed by atoms with Gasteiger partial charge in [-0.1, -0.05) is 15.9 Å². The molecule has 0 saturated carbocycles. The fourth-order valence-corrected chi connectivity index (χ4v) is 1.58. The Labute approximate surface area is 105 Å². The third kappa shape index (κ3) is 2.84. The molecule has 0 aliphatic rings. The molecule has 1 aromatic rings. The van der Waals surface area contributed by atoms with E-state index in [1.807, 2.05) is 20.0 Å². The molecule has 1 heterocycles. The van der Waals surface area contributed by atoms with Crippen molar-refractivity contribution in [1.29, 1.82) is 0 Å². The highest BCUT2D eigenvalue weighted by molar-refractivity contribution is 9.09. The molecule has 5 heteroatoms. The number of aromatic nitrogens is 2. The molecule has 0 aliphatic heterocycles. The van der Waals surface area contributed by atoms with Crippen molar-refractivity contribution in [2.75, 3.05) is 24.4 Å². The van der Waals surface area contributed by atoms with E-state index in [0.717, 1.165) is 11.1 Å². The van der Waals surface area contributed by atoms with Gasteiger partial charge in [-0.3, -0.25) is 0 Å². The lowest BCUT2D eigenvalue weighted by atomic mass is 10.1. The Kier molecular flexibility index (Phi) is 4.13. The van der Waals surface area contributed by atoms with Gasteiger partial charge in [-0.25, -0.2) is 4.98 Å². The molecule has 16 heavy (non-hydrogen) atoms. The molecule has 0 N–H and O–H groups in total. The van der Waals surface area contributed by atoms with Gasteiger partial charge >= 0.3 is 0 Å². The molecular formula is C11H18BrN3O. The van der Waals surface area contributed by atoms with E-state index in [0.29, 0.717) is 11.7 Å². The Hall–Kier alpha value is -0.840. The van der Waals surface area contributed by atoms with Gasteiger partial charge in [0.25, 0.3) is 0 Å². The van der Waals surface area contributed by atoms with E-state index >= 15 is 0 Å². The lowest BCUT2D eigenvalue weighted by molar-refractivity contribution is 0.395. The molecule has 1 aromatic heterocycles. The summed E-state index contributed by atoms with van der Waals surface area (Å²) < 4.78 is 5.14. The predicted octanol–water partition coefficient (Wildman–Crippen LogP) is 2.40. The second-order valence-electron chi connectivity index (χ2n) is 4.32. The van der Waals surface area contributed by atoms with Crippen LogP contribution in [0.5, 0.6) is 5.88 Å². The summed E-state index contributed by atoms with van der Waals surface area (Å²) >= 11 is 3.51. The van der Waals surface area contributed by atoms with Crippen LogP contribution in [0.1, 0.15) is 19.7 Å². The maximum absolute atomic E-state index is 5.14. The molecule has 0 radical (unpaired) electrons. The first-order valence-electron chi connectivity index (χ1n) is 5.10. The lowest BCUT2D eigenvalue weighted by Gasteiger charge is -2.35. The molecule has 0 bridgehead atoms. The smallest absolute Gasteiger partial charge is 0.218 e. The van der Waals surface area contributed by atoms with Gasteiger partial charge in [-0.2, -0.15) is 4.98 Å². The van der Waals surface area contributed by atoms with Gasteiger partial charge in [-0.05, 0) is 20.8 Å². The van der Waals surface area contributed by atoms with Crippen molar-refractivity contribution >= 4 is 21.7 Å². The van der Waals surface area contributed by atoms with E-state index in [1.165, 1.54) is 0 Å². The standard InChI is InChI=1S/C11H18BrN3O/c1-8-13-9(6-10(14-8)16-5)15(4)11(2,3)7-12/h6H,7H2,1-5H3. The Bertz CT molecular complexity index is 368. The molecule has 0 unspecified atom stereocenters. The Morgan fingerprint density at radius 2 is 2.06 bits per heavy atom. The maximum Gasteiger partial charge on any atom is 0.218 e. The minimum atomic E-state index is -0.00813. The first kappa shape index (κ1) is 13.2. The van der Waals surface area contributed by atoms with E-state index in [4.69, 9.17) is 4.74 Å². The molecule has 90 valence electrons. The number of halogens is 1. The quantitative estimate of drug-likeness (QED) is 0.797. The molecule has 0 aliphatic carbocycles. The highest BCUT2D eigenvalue weighted by atomic mass is 79.9. The highest BCUT2D eigenvalue weighted by Crippen LogP contribution is 2.24.